The molecule has 0 saturated heterocycles. The Kier molecular flexibility index (Phi) is 6.63. The summed E-state index contributed by atoms with van der Waals surface area (Å²) in [4.78, 5) is 34.9. The molecule has 148 valence electrons. The SMILES string of the molecule is Cc1ccc(Cl)cc1NC(=O)COC(=O)c1cccc(NC(=O)C(F)(F)F)c1. The van der Waals surface area contributed by atoms with Crippen LogP contribution in [0.5, 0.6) is 0 Å². The second-order valence-electron chi connectivity index (χ2n) is 5.62. The van der Waals surface area contributed by atoms with Crippen molar-refractivity contribution >= 4 is 40.8 Å². The Balaban J connectivity index is 1.96. The van der Waals surface area contributed by atoms with Gasteiger partial charge in [0.05, 0.1) is 5.56 Å². The summed E-state index contributed by atoms with van der Waals surface area (Å²) in [7, 11) is 0. The van der Waals surface area contributed by atoms with Crippen LogP contribution in [0.3, 0.4) is 0 Å². The fraction of sp³-hybridized carbons (Fsp3) is 0.167. The molecule has 10 heteroatoms. The molecule has 0 spiro atoms. The van der Waals surface area contributed by atoms with E-state index >= 15 is 0 Å². The van der Waals surface area contributed by atoms with Crippen molar-refractivity contribution < 1.29 is 32.3 Å². The van der Waals surface area contributed by atoms with Gasteiger partial charge in [-0.2, -0.15) is 13.2 Å². The number of hydrogen-bond donors (Lipinski definition) is 2. The van der Waals surface area contributed by atoms with Crippen LogP contribution in [0.4, 0.5) is 24.5 Å². The molecule has 0 saturated carbocycles. The van der Waals surface area contributed by atoms with Crippen molar-refractivity contribution in [3.63, 3.8) is 0 Å². The lowest BCUT2D eigenvalue weighted by Gasteiger charge is -2.10. The van der Waals surface area contributed by atoms with E-state index in [0.717, 1.165) is 11.6 Å². The predicted octanol–water partition coefficient (Wildman–Crippen LogP) is 3.94. The van der Waals surface area contributed by atoms with Gasteiger partial charge in [0.25, 0.3) is 5.91 Å². The van der Waals surface area contributed by atoms with Gasteiger partial charge >= 0.3 is 18.1 Å². The first-order chi connectivity index (χ1) is 13.1. The van der Waals surface area contributed by atoms with Gasteiger partial charge in [-0.1, -0.05) is 23.7 Å². The van der Waals surface area contributed by atoms with Gasteiger partial charge in [0, 0.05) is 16.4 Å². The average Bonchev–Trinajstić information content (AvgIpc) is 2.62. The Morgan fingerprint density at radius 2 is 1.79 bits per heavy atom. The number of aryl methyl sites for hydroxylation is 1. The number of esters is 1. The molecule has 0 aliphatic rings. The molecule has 0 fully saturated rings. The van der Waals surface area contributed by atoms with Crippen LogP contribution in [0, 0.1) is 6.92 Å². The van der Waals surface area contributed by atoms with Gasteiger partial charge < -0.3 is 15.4 Å². The van der Waals surface area contributed by atoms with E-state index in [9.17, 15) is 27.6 Å². The first-order valence-corrected chi connectivity index (χ1v) is 8.15. The summed E-state index contributed by atoms with van der Waals surface area (Å²) in [5, 5.41) is 4.56. The highest BCUT2D eigenvalue weighted by molar-refractivity contribution is 6.31. The van der Waals surface area contributed by atoms with E-state index in [2.05, 4.69) is 5.32 Å². The summed E-state index contributed by atoms with van der Waals surface area (Å²) >= 11 is 5.85. The molecule has 6 nitrogen and oxygen atoms in total. The minimum Gasteiger partial charge on any atom is -0.452 e. The third-order valence-corrected chi connectivity index (χ3v) is 3.66. The molecule has 0 heterocycles. The fourth-order valence-corrected chi connectivity index (χ4v) is 2.23. The van der Waals surface area contributed by atoms with Crippen LogP contribution in [0.25, 0.3) is 0 Å². The Morgan fingerprint density at radius 3 is 2.46 bits per heavy atom. The predicted molar refractivity (Wildman–Crippen MR) is 96.2 cm³/mol. The van der Waals surface area contributed by atoms with Gasteiger partial charge in [0.1, 0.15) is 0 Å². The zero-order valence-electron chi connectivity index (χ0n) is 14.4. The van der Waals surface area contributed by atoms with E-state index in [0.29, 0.717) is 10.7 Å². The van der Waals surface area contributed by atoms with Crippen molar-refractivity contribution in [2.24, 2.45) is 0 Å². The number of nitrogens with one attached hydrogen (secondary N) is 2. The standard InChI is InChI=1S/C18H14ClF3N2O4/c1-10-5-6-12(19)8-14(10)24-15(25)9-28-16(26)11-3-2-4-13(7-11)23-17(27)18(20,21)22/h2-8H,9H2,1H3,(H,23,27)(H,24,25). The molecule has 28 heavy (non-hydrogen) atoms. The molecule has 2 aromatic rings. The maximum atomic E-state index is 12.3. The number of amides is 2. The molecule has 0 bridgehead atoms. The first-order valence-electron chi connectivity index (χ1n) is 7.77. The highest BCUT2D eigenvalue weighted by atomic mass is 35.5. The number of carbonyl (C=O) groups is 3. The van der Waals surface area contributed by atoms with Crippen molar-refractivity contribution in [2.75, 3.05) is 17.2 Å². The second kappa shape index (κ2) is 8.75. The lowest BCUT2D eigenvalue weighted by atomic mass is 10.2. The summed E-state index contributed by atoms with van der Waals surface area (Å²) in [6, 6.07) is 9.59. The van der Waals surface area contributed by atoms with Crippen LogP contribution in [0.15, 0.2) is 42.5 Å². The highest BCUT2D eigenvalue weighted by Gasteiger charge is 2.38. The second-order valence-corrected chi connectivity index (χ2v) is 6.05. The molecule has 2 N–H and O–H groups in total. The van der Waals surface area contributed by atoms with Gasteiger partial charge in [-0.05, 0) is 42.8 Å². The summed E-state index contributed by atoms with van der Waals surface area (Å²) in [5.74, 6) is -3.74. The summed E-state index contributed by atoms with van der Waals surface area (Å²) in [6.07, 6.45) is -5.06. The van der Waals surface area contributed by atoms with Crippen LogP contribution in [0.1, 0.15) is 15.9 Å². The average molecular weight is 415 g/mol. The Bertz CT molecular complexity index is 916. The van der Waals surface area contributed by atoms with Crippen molar-refractivity contribution in [1.29, 1.82) is 0 Å². The lowest BCUT2D eigenvalue weighted by Crippen LogP contribution is -2.30. The molecular formula is C18H14ClF3N2O4. The van der Waals surface area contributed by atoms with Crippen molar-refractivity contribution in [2.45, 2.75) is 13.1 Å². The highest BCUT2D eigenvalue weighted by Crippen LogP contribution is 2.21. The number of benzene rings is 2. The van der Waals surface area contributed by atoms with E-state index in [1.54, 1.807) is 24.4 Å². The van der Waals surface area contributed by atoms with Crippen LogP contribution in [-0.4, -0.2) is 30.6 Å². The summed E-state index contributed by atoms with van der Waals surface area (Å²) in [5.41, 5.74) is 0.824. The molecule has 2 aromatic carbocycles. The minimum absolute atomic E-state index is 0.133. The molecule has 0 radical (unpaired) electrons. The topological polar surface area (TPSA) is 84.5 Å². The molecular weight excluding hydrogens is 401 g/mol. The maximum Gasteiger partial charge on any atom is 0.471 e. The number of halogens is 4. The number of ether oxygens (including phenoxy) is 1. The molecule has 0 aromatic heterocycles. The van der Waals surface area contributed by atoms with Gasteiger partial charge in [-0.3, -0.25) is 9.59 Å². The van der Waals surface area contributed by atoms with Gasteiger partial charge in [0.2, 0.25) is 0 Å². The molecule has 0 aliphatic carbocycles. The monoisotopic (exact) mass is 414 g/mol. The van der Waals surface area contributed by atoms with Gasteiger partial charge in [-0.25, -0.2) is 4.79 Å². The van der Waals surface area contributed by atoms with E-state index < -0.39 is 30.6 Å². The van der Waals surface area contributed by atoms with Crippen LogP contribution in [-0.2, 0) is 14.3 Å². The lowest BCUT2D eigenvalue weighted by molar-refractivity contribution is -0.167. The van der Waals surface area contributed by atoms with Crippen LogP contribution in [0.2, 0.25) is 5.02 Å². The molecule has 0 unspecified atom stereocenters. The normalized spacial score (nSPS) is 10.9. The Morgan fingerprint density at radius 1 is 1.07 bits per heavy atom. The zero-order valence-corrected chi connectivity index (χ0v) is 15.1. The number of anilines is 2. The summed E-state index contributed by atoms with van der Waals surface area (Å²) < 4.78 is 41.7. The van der Waals surface area contributed by atoms with E-state index in [1.165, 1.54) is 24.3 Å². The number of rotatable bonds is 5. The maximum absolute atomic E-state index is 12.3. The minimum atomic E-state index is -5.06. The molecule has 0 atom stereocenters. The third kappa shape index (κ3) is 5.98. The summed E-state index contributed by atoms with van der Waals surface area (Å²) in [6.45, 7) is 1.13. The molecule has 2 amide bonds. The number of alkyl halides is 3. The van der Waals surface area contributed by atoms with E-state index in [-0.39, 0.29) is 11.3 Å². The fourth-order valence-electron chi connectivity index (χ4n) is 2.06. The zero-order chi connectivity index (χ0) is 20.9. The quantitative estimate of drug-likeness (QED) is 0.726. The van der Waals surface area contributed by atoms with E-state index in [4.69, 9.17) is 16.3 Å². The third-order valence-electron chi connectivity index (χ3n) is 3.42. The molecule has 0 aliphatic heterocycles. The smallest absolute Gasteiger partial charge is 0.452 e. The number of hydrogen-bond acceptors (Lipinski definition) is 4. The van der Waals surface area contributed by atoms with Crippen molar-refractivity contribution in [1.82, 2.24) is 0 Å². The van der Waals surface area contributed by atoms with Crippen LogP contribution < -0.4 is 10.6 Å². The van der Waals surface area contributed by atoms with Crippen LogP contribution >= 0.6 is 11.6 Å². The van der Waals surface area contributed by atoms with Crippen molar-refractivity contribution in [3.05, 3.63) is 58.6 Å². The number of carbonyl (C=O) groups excluding carboxylic acids is 3. The molecule has 2 rings (SSSR count). The Labute approximate surface area is 162 Å². The first kappa shape index (κ1) is 21.2. The van der Waals surface area contributed by atoms with Crippen molar-refractivity contribution in [3.8, 4) is 0 Å². The van der Waals surface area contributed by atoms with E-state index in [1.807, 2.05) is 0 Å². The Hall–Kier alpha value is -3.07. The van der Waals surface area contributed by atoms with Gasteiger partial charge in [-0.15, -0.1) is 0 Å². The largest absolute Gasteiger partial charge is 0.471 e. The van der Waals surface area contributed by atoms with Gasteiger partial charge in [0.15, 0.2) is 6.61 Å².